The average molecular weight is 321 g/mol. The van der Waals surface area contributed by atoms with Gasteiger partial charge in [-0.1, -0.05) is 24.6 Å². The van der Waals surface area contributed by atoms with Gasteiger partial charge < -0.3 is 10.5 Å². The summed E-state index contributed by atoms with van der Waals surface area (Å²) in [6, 6.07) is 4.46. The minimum absolute atomic E-state index is 0.0281. The number of sulfonamides is 1. The van der Waals surface area contributed by atoms with Crippen molar-refractivity contribution in [3.63, 3.8) is 0 Å². The number of carbonyl (C=O) groups is 1. The summed E-state index contributed by atoms with van der Waals surface area (Å²) in [5, 5.41) is 0.0440. The molecule has 0 radical (unpaired) electrons. The minimum Gasteiger partial charge on any atom is -0.469 e. The van der Waals surface area contributed by atoms with Crippen LogP contribution in [0.2, 0.25) is 5.02 Å². The molecule has 112 valence electrons. The van der Waals surface area contributed by atoms with Crippen LogP contribution >= 0.6 is 11.6 Å². The Hall–Kier alpha value is -1.31. The first-order valence-electron chi connectivity index (χ1n) is 5.80. The first-order chi connectivity index (χ1) is 9.21. The number of anilines is 1. The first kappa shape index (κ1) is 16.7. The van der Waals surface area contributed by atoms with Gasteiger partial charge in [0.1, 0.15) is 4.90 Å². The maximum absolute atomic E-state index is 12.4. The van der Waals surface area contributed by atoms with E-state index in [1.807, 2.05) is 0 Å². The number of hydrogen-bond donors (Lipinski definition) is 1. The number of nitrogens with two attached hydrogens (primary N) is 1. The molecule has 0 heterocycles. The number of esters is 1. The molecule has 0 aliphatic heterocycles. The van der Waals surface area contributed by atoms with E-state index in [0.29, 0.717) is 0 Å². The third-order valence-corrected chi connectivity index (χ3v) is 5.17. The van der Waals surface area contributed by atoms with E-state index in [9.17, 15) is 13.2 Å². The lowest BCUT2D eigenvalue weighted by atomic mass is 10.2. The van der Waals surface area contributed by atoms with Crippen molar-refractivity contribution in [1.82, 2.24) is 4.31 Å². The number of carbonyl (C=O) groups excluding carboxylic acids is 1. The highest BCUT2D eigenvalue weighted by molar-refractivity contribution is 7.89. The van der Waals surface area contributed by atoms with E-state index in [2.05, 4.69) is 4.74 Å². The Morgan fingerprint density at radius 2 is 2.10 bits per heavy atom. The highest BCUT2D eigenvalue weighted by Gasteiger charge is 2.28. The maximum Gasteiger partial charge on any atom is 0.309 e. The van der Waals surface area contributed by atoms with Gasteiger partial charge >= 0.3 is 5.97 Å². The molecule has 0 aromatic heterocycles. The van der Waals surface area contributed by atoms with Crippen molar-refractivity contribution >= 4 is 33.3 Å². The third-order valence-electron chi connectivity index (χ3n) is 2.80. The minimum atomic E-state index is -3.87. The summed E-state index contributed by atoms with van der Waals surface area (Å²) in [6.45, 7) is 1.55. The van der Waals surface area contributed by atoms with Gasteiger partial charge in [-0.2, -0.15) is 4.31 Å². The Bertz CT molecular complexity index is 583. The van der Waals surface area contributed by atoms with Crippen LogP contribution in [0.4, 0.5) is 5.69 Å². The third kappa shape index (κ3) is 3.41. The van der Waals surface area contributed by atoms with Crippen LogP contribution in [-0.4, -0.2) is 39.4 Å². The summed E-state index contributed by atoms with van der Waals surface area (Å²) in [7, 11) is -1.26. The summed E-state index contributed by atoms with van der Waals surface area (Å²) in [4.78, 5) is 11.2. The van der Waals surface area contributed by atoms with E-state index in [4.69, 9.17) is 17.3 Å². The van der Waals surface area contributed by atoms with E-state index in [1.165, 1.54) is 26.3 Å². The van der Waals surface area contributed by atoms with Crippen LogP contribution in [0.15, 0.2) is 23.1 Å². The predicted octanol–water partition coefficient (Wildman–Crippen LogP) is 1.35. The fraction of sp³-hybridized carbons (Fsp3) is 0.417. The van der Waals surface area contributed by atoms with Gasteiger partial charge in [0.2, 0.25) is 10.0 Å². The number of benzene rings is 1. The number of hydrogen-bond acceptors (Lipinski definition) is 5. The van der Waals surface area contributed by atoms with Crippen molar-refractivity contribution in [3.8, 4) is 0 Å². The first-order valence-corrected chi connectivity index (χ1v) is 7.61. The zero-order valence-electron chi connectivity index (χ0n) is 11.5. The van der Waals surface area contributed by atoms with Crippen LogP contribution in [0.1, 0.15) is 6.92 Å². The molecule has 8 heteroatoms. The van der Waals surface area contributed by atoms with Gasteiger partial charge in [-0.25, -0.2) is 8.42 Å². The standard InChI is InChI=1S/C12H17ClN2O4S/c1-8(12(16)19-3)7-15(2)20(17,18)11-9(13)5-4-6-10(11)14/h4-6,8H,7,14H2,1-3H3. The van der Waals surface area contributed by atoms with Gasteiger partial charge in [0.05, 0.1) is 23.7 Å². The molecule has 0 fully saturated rings. The van der Waals surface area contributed by atoms with E-state index < -0.39 is 21.9 Å². The van der Waals surface area contributed by atoms with Crippen LogP contribution in [-0.2, 0) is 19.6 Å². The molecule has 1 aromatic carbocycles. The van der Waals surface area contributed by atoms with Crippen molar-refractivity contribution < 1.29 is 17.9 Å². The summed E-state index contributed by atoms with van der Waals surface area (Å²) in [5.74, 6) is -1.08. The zero-order valence-corrected chi connectivity index (χ0v) is 13.0. The van der Waals surface area contributed by atoms with E-state index in [0.717, 1.165) is 4.31 Å². The van der Waals surface area contributed by atoms with Crippen LogP contribution < -0.4 is 5.73 Å². The Morgan fingerprint density at radius 3 is 2.60 bits per heavy atom. The highest BCUT2D eigenvalue weighted by Crippen LogP contribution is 2.29. The Balaban J connectivity index is 3.08. The average Bonchev–Trinajstić information content (AvgIpc) is 2.36. The fourth-order valence-corrected chi connectivity index (χ4v) is 3.60. The van der Waals surface area contributed by atoms with Crippen molar-refractivity contribution in [2.45, 2.75) is 11.8 Å². The second-order valence-electron chi connectivity index (χ2n) is 4.37. The molecule has 0 aliphatic rings. The lowest BCUT2D eigenvalue weighted by Crippen LogP contribution is -2.34. The molecule has 6 nitrogen and oxygen atoms in total. The fourth-order valence-electron chi connectivity index (χ4n) is 1.71. The van der Waals surface area contributed by atoms with Crippen molar-refractivity contribution in [2.75, 3.05) is 26.4 Å². The number of nitrogen functional groups attached to an aromatic ring is 1. The number of nitrogens with zero attached hydrogens (tertiary/aromatic N) is 1. The molecule has 0 spiro atoms. The van der Waals surface area contributed by atoms with Gasteiger partial charge in [-0.15, -0.1) is 0 Å². The number of halogens is 1. The van der Waals surface area contributed by atoms with Crippen molar-refractivity contribution in [2.24, 2.45) is 5.92 Å². The molecule has 0 saturated carbocycles. The Morgan fingerprint density at radius 1 is 1.50 bits per heavy atom. The Kier molecular flexibility index (Phi) is 5.38. The lowest BCUT2D eigenvalue weighted by molar-refractivity contribution is -0.144. The Labute approximate surface area is 123 Å². The van der Waals surface area contributed by atoms with Crippen LogP contribution in [0.5, 0.6) is 0 Å². The largest absolute Gasteiger partial charge is 0.469 e. The van der Waals surface area contributed by atoms with Gasteiger partial charge in [0.25, 0.3) is 0 Å². The van der Waals surface area contributed by atoms with Crippen LogP contribution in [0.3, 0.4) is 0 Å². The van der Waals surface area contributed by atoms with Crippen LogP contribution in [0.25, 0.3) is 0 Å². The van der Waals surface area contributed by atoms with E-state index >= 15 is 0 Å². The molecule has 0 amide bonds. The van der Waals surface area contributed by atoms with Gasteiger partial charge in [-0.3, -0.25) is 4.79 Å². The maximum atomic E-state index is 12.4. The second kappa shape index (κ2) is 6.43. The molecule has 20 heavy (non-hydrogen) atoms. The van der Waals surface area contributed by atoms with Crippen molar-refractivity contribution in [3.05, 3.63) is 23.2 Å². The summed E-state index contributed by atoms with van der Waals surface area (Å²) in [6.07, 6.45) is 0. The molecule has 1 rings (SSSR count). The topological polar surface area (TPSA) is 89.7 Å². The molecule has 1 aromatic rings. The monoisotopic (exact) mass is 320 g/mol. The van der Waals surface area contributed by atoms with Crippen molar-refractivity contribution in [1.29, 1.82) is 0 Å². The molecule has 0 aliphatic carbocycles. The number of ether oxygens (including phenoxy) is 1. The second-order valence-corrected chi connectivity index (χ2v) is 6.76. The predicted molar refractivity (Wildman–Crippen MR) is 76.9 cm³/mol. The highest BCUT2D eigenvalue weighted by atomic mass is 35.5. The van der Waals surface area contributed by atoms with Gasteiger partial charge in [-0.05, 0) is 12.1 Å². The van der Waals surface area contributed by atoms with E-state index in [1.54, 1.807) is 13.0 Å². The number of methoxy groups -OCH3 is 1. The van der Waals surface area contributed by atoms with E-state index in [-0.39, 0.29) is 22.2 Å². The van der Waals surface area contributed by atoms with Gasteiger partial charge in [0, 0.05) is 13.6 Å². The summed E-state index contributed by atoms with van der Waals surface area (Å²) < 4.78 is 30.5. The smallest absolute Gasteiger partial charge is 0.309 e. The summed E-state index contributed by atoms with van der Waals surface area (Å²) in [5.41, 5.74) is 5.75. The summed E-state index contributed by atoms with van der Waals surface area (Å²) >= 11 is 5.91. The molecular weight excluding hydrogens is 304 g/mol. The lowest BCUT2D eigenvalue weighted by Gasteiger charge is -2.21. The molecular formula is C12H17ClN2O4S. The van der Waals surface area contributed by atoms with Crippen LogP contribution in [0, 0.1) is 5.92 Å². The zero-order chi connectivity index (χ0) is 15.5. The molecule has 0 bridgehead atoms. The molecule has 0 saturated heterocycles. The SMILES string of the molecule is COC(=O)C(C)CN(C)S(=O)(=O)c1c(N)cccc1Cl. The van der Waals surface area contributed by atoms with Gasteiger partial charge in [0.15, 0.2) is 0 Å². The number of rotatable bonds is 5. The molecule has 1 unspecified atom stereocenters. The molecule has 2 N–H and O–H groups in total. The normalized spacial score (nSPS) is 13.2. The molecule has 1 atom stereocenters. The quantitative estimate of drug-likeness (QED) is 0.653.